The van der Waals surface area contributed by atoms with Gasteiger partial charge in [-0.25, -0.2) is 0 Å². The quantitative estimate of drug-likeness (QED) is 0.675. The minimum absolute atomic E-state index is 0.619. The lowest BCUT2D eigenvalue weighted by atomic mass is 9.72. The standard InChI is InChI=1S/C22H32N2/c1-2-7-14-22(13-6-1)15-8-5-10-19(17-22)21-23-16-12-18-9-3-4-11-20(18)24-21/h3-4,9,11,19H,1-2,5-8,10,12-17H2,(H,23,24). The van der Waals surface area contributed by atoms with Crippen LogP contribution in [0.5, 0.6) is 0 Å². The Kier molecular flexibility index (Phi) is 4.91. The maximum atomic E-state index is 5.01. The van der Waals surface area contributed by atoms with Crippen LogP contribution < -0.4 is 5.32 Å². The molecule has 1 spiro atoms. The van der Waals surface area contributed by atoms with Gasteiger partial charge in [0.05, 0.1) is 0 Å². The van der Waals surface area contributed by atoms with Crippen LogP contribution in [-0.2, 0) is 6.42 Å². The molecule has 1 aliphatic heterocycles. The van der Waals surface area contributed by atoms with Crippen LogP contribution in [0, 0.1) is 11.3 Å². The van der Waals surface area contributed by atoms with Gasteiger partial charge in [-0.2, -0.15) is 0 Å². The Morgan fingerprint density at radius 1 is 0.917 bits per heavy atom. The van der Waals surface area contributed by atoms with Crippen molar-refractivity contribution in [3.8, 4) is 0 Å². The van der Waals surface area contributed by atoms with Crippen molar-refractivity contribution in [2.24, 2.45) is 16.3 Å². The molecule has 24 heavy (non-hydrogen) atoms. The third-order valence-electron chi connectivity index (χ3n) is 6.68. The van der Waals surface area contributed by atoms with Gasteiger partial charge in [0.25, 0.3) is 0 Å². The lowest BCUT2D eigenvalue weighted by molar-refractivity contribution is 0.195. The zero-order valence-electron chi connectivity index (χ0n) is 15.0. The first kappa shape index (κ1) is 16.2. The normalized spacial score (nSPS) is 27.2. The van der Waals surface area contributed by atoms with Crippen molar-refractivity contribution in [1.29, 1.82) is 0 Å². The fourth-order valence-electron chi connectivity index (χ4n) is 5.35. The molecule has 1 aromatic rings. The maximum absolute atomic E-state index is 5.01. The van der Waals surface area contributed by atoms with Gasteiger partial charge in [-0.15, -0.1) is 0 Å². The summed E-state index contributed by atoms with van der Waals surface area (Å²) in [7, 11) is 0. The molecule has 0 bridgehead atoms. The molecule has 2 aliphatic carbocycles. The van der Waals surface area contributed by atoms with Crippen molar-refractivity contribution in [1.82, 2.24) is 0 Å². The van der Waals surface area contributed by atoms with Gasteiger partial charge in [-0.05, 0) is 55.6 Å². The molecule has 2 fully saturated rings. The van der Waals surface area contributed by atoms with Gasteiger partial charge in [0.2, 0.25) is 0 Å². The second-order valence-corrected chi connectivity index (χ2v) is 8.36. The van der Waals surface area contributed by atoms with Gasteiger partial charge < -0.3 is 5.32 Å². The summed E-state index contributed by atoms with van der Waals surface area (Å²) in [6.45, 7) is 0.947. The third kappa shape index (κ3) is 3.53. The van der Waals surface area contributed by atoms with Crippen LogP contribution in [0.3, 0.4) is 0 Å². The summed E-state index contributed by atoms with van der Waals surface area (Å²) in [4.78, 5) is 5.01. The Bertz CT molecular complexity index is 576. The van der Waals surface area contributed by atoms with Gasteiger partial charge in [-0.3, -0.25) is 4.99 Å². The van der Waals surface area contributed by atoms with E-state index in [-0.39, 0.29) is 0 Å². The fourth-order valence-corrected chi connectivity index (χ4v) is 5.35. The number of aliphatic imine (C=N–C) groups is 1. The van der Waals surface area contributed by atoms with E-state index in [0.29, 0.717) is 11.3 Å². The Hall–Kier alpha value is -1.31. The number of hydrogen-bond donors (Lipinski definition) is 1. The molecular weight excluding hydrogens is 292 g/mol. The van der Waals surface area contributed by atoms with E-state index in [1.54, 1.807) is 0 Å². The van der Waals surface area contributed by atoms with Crippen LogP contribution in [0.1, 0.15) is 76.2 Å². The molecule has 3 aliphatic rings. The summed E-state index contributed by atoms with van der Waals surface area (Å²) >= 11 is 0. The molecule has 0 aromatic heterocycles. The number of anilines is 1. The smallest absolute Gasteiger partial charge is 0.104 e. The first-order valence-electron chi connectivity index (χ1n) is 10.2. The summed E-state index contributed by atoms with van der Waals surface area (Å²) in [5, 5.41) is 3.74. The second-order valence-electron chi connectivity index (χ2n) is 8.36. The van der Waals surface area contributed by atoms with Gasteiger partial charge in [-0.1, -0.05) is 56.7 Å². The SMILES string of the molecule is c1ccc2c(c1)CCN=C(C1CCCCC3(CCCCCC3)C1)N2. The van der Waals surface area contributed by atoms with Crippen molar-refractivity contribution in [3.05, 3.63) is 29.8 Å². The van der Waals surface area contributed by atoms with Crippen molar-refractivity contribution >= 4 is 11.5 Å². The molecule has 2 nitrogen and oxygen atoms in total. The number of amidine groups is 1. The lowest BCUT2D eigenvalue weighted by Gasteiger charge is -2.34. The molecule has 0 radical (unpaired) electrons. The highest BCUT2D eigenvalue weighted by molar-refractivity contribution is 5.98. The highest BCUT2D eigenvalue weighted by atomic mass is 15.0. The van der Waals surface area contributed by atoms with Crippen molar-refractivity contribution in [2.45, 2.75) is 77.0 Å². The van der Waals surface area contributed by atoms with Crippen LogP contribution in [0.25, 0.3) is 0 Å². The van der Waals surface area contributed by atoms with Gasteiger partial charge >= 0.3 is 0 Å². The summed E-state index contributed by atoms with van der Waals surface area (Å²) in [5.41, 5.74) is 3.34. The highest BCUT2D eigenvalue weighted by Crippen LogP contribution is 2.47. The third-order valence-corrected chi connectivity index (χ3v) is 6.68. The average Bonchev–Trinajstić information content (AvgIpc) is 3.05. The number of benzene rings is 1. The van der Waals surface area contributed by atoms with Crippen molar-refractivity contribution < 1.29 is 0 Å². The topological polar surface area (TPSA) is 24.4 Å². The summed E-state index contributed by atoms with van der Waals surface area (Å²) < 4.78 is 0. The summed E-state index contributed by atoms with van der Waals surface area (Å²) in [6.07, 6.45) is 16.8. The number of nitrogens with one attached hydrogen (secondary N) is 1. The van der Waals surface area contributed by atoms with E-state index in [9.17, 15) is 0 Å². The molecule has 2 heteroatoms. The Morgan fingerprint density at radius 3 is 2.50 bits per heavy atom. The van der Waals surface area contributed by atoms with Gasteiger partial charge in [0.1, 0.15) is 5.84 Å². The Balaban J connectivity index is 1.55. The first-order chi connectivity index (χ1) is 11.8. The molecule has 2 saturated carbocycles. The second kappa shape index (κ2) is 7.29. The highest BCUT2D eigenvalue weighted by Gasteiger charge is 2.36. The molecule has 0 saturated heterocycles. The van der Waals surface area contributed by atoms with E-state index in [1.165, 1.54) is 87.7 Å². The van der Waals surface area contributed by atoms with E-state index in [4.69, 9.17) is 4.99 Å². The van der Waals surface area contributed by atoms with Crippen LogP contribution >= 0.6 is 0 Å². The number of rotatable bonds is 1. The zero-order valence-corrected chi connectivity index (χ0v) is 15.0. The molecule has 0 amide bonds. The minimum atomic E-state index is 0.619. The van der Waals surface area contributed by atoms with Crippen LogP contribution in [-0.4, -0.2) is 12.4 Å². The molecule has 130 valence electrons. The Morgan fingerprint density at radius 2 is 1.67 bits per heavy atom. The number of nitrogens with zero attached hydrogens (tertiary/aromatic N) is 1. The minimum Gasteiger partial charge on any atom is -0.344 e. The predicted octanol–water partition coefficient (Wildman–Crippen LogP) is 5.97. The van der Waals surface area contributed by atoms with E-state index < -0.39 is 0 Å². The first-order valence-corrected chi connectivity index (χ1v) is 10.2. The molecule has 4 rings (SSSR count). The van der Waals surface area contributed by atoms with Crippen molar-refractivity contribution in [3.63, 3.8) is 0 Å². The molecule has 1 unspecified atom stereocenters. The van der Waals surface area contributed by atoms with E-state index in [2.05, 4.69) is 29.6 Å². The Labute approximate surface area is 147 Å². The lowest BCUT2D eigenvalue weighted by Crippen LogP contribution is -2.29. The van der Waals surface area contributed by atoms with Gasteiger partial charge in [0.15, 0.2) is 0 Å². The van der Waals surface area contributed by atoms with Crippen LogP contribution in [0.4, 0.5) is 5.69 Å². The predicted molar refractivity (Wildman–Crippen MR) is 103 cm³/mol. The largest absolute Gasteiger partial charge is 0.344 e. The summed E-state index contributed by atoms with van der Waals surface area (Å²) in [6, 6.07) is 8.78. The molecule has 1 atom stereocenters. The van der Waals surface area contributed by atoms with Crippen LogP contribution in [0.15, 0.2) is 29.3 Å². The van der Waals surface area contributed by atoms with E-state index in [1.807, 2.05) is 0 Å². The number of hydrogen-bond acceptors (Lipinski definition) is 2. The summed E-state index contributed by atoms with van der Waals surface area (Å²) in [5.74, 6) is 1.95. The van der Waals surface area contributed by atoms with Crippen molar-refractivity contribution in [2.75, 3.05) is 11.9 Å². The maximum Gasteiger partial charge on any atom is 0.104 e. The van der Waals surface area contributed by atoms with E-state index in [0.717, 1.165) is 13.0 Å². The number of para-hydroxylation sites is 1. The van der Waals surface area contributed by atoms with E-state index >= 15 is 0 Å². The molecule has 1 N–H and O–H groups in total. The molecular formula is C22H32N2. The van der Waals surface area contributed by atoms with Crippen LogP contribution in [0.2, 0.25) is 0 Å². The zero-order chi connectivity index (χ0) is 16.2. The number of fused-ring (bicyclic) bond motifs is 1. The average molecular weight is 325 g/mol. The van der Waals surface area contributed by atoms with Gasteiger partial charge in [0, 0.05) is 18.2 Å². The molecule has 1 heterocycles. The monoisotopic (exact) mass is 324 g/mol. The fraction of sp³-hybridized carbons (Fsp3) is 0.682. The molecule has 1 aromatic carbocycles.